The zero-order valence-electron chi connectivity index (χ0n) is 10.3. The molecule has 0 aromatic heterocycles. The van der Waals surface area contributed by atoms with Gasteiger partial charge in [-0.05, 0) is 44.9 Å². The van der Waals surface area contributed by atoms with Crippen molar-refractivity contribution in [1.29, 1.82) is 0 Å². The monoisotopic (exact) mass is 198 g/mol. The maximum absolute atomic E-state index is 6.00. The molecule has 0 heterocycles. The number of ether oxygens (including phenoxy) is 1. The summed E-state index contributed by atoms with van der Waals surface area (Å²) in [4.78, 5) is 0. The summed E-state index contributed by atoms with van der Waals surface area (Å²) in [5.74, 6) is 1.64. The fourth-order valence-electron chi connectivity index (χ4n) is 2.58. The Morgan fingerprint density at radius 1 is 1.07 bits per heavy atom. The van der Waals surface area contributed by atoms with Gasteiger partial charge in [-0.15, -0.1) is 0 Å². The zero-order chi connectivity index (χ0) is 10.6. The molecule has 0 amide bonds. The van der Waals surface area contributed by atoms with E-state index in [0.29, 0.717) is 12.2 Å². The third-order valence-electron chi connectivity index (χ3n) is 3.06. The standard InChI is InChI=1S/C13H26O/c1-10(2)9-12-7-5-6-8-13(12)14-11(3)4/h10-13H,5-9H2,1-4H3/t12-,13+/m0/s1. The van der Waals surface area contributed by atoms with Gasteiger partial charge in [0.25, 0.3) is 0 Å². The van der Waals surface area contributed by atoms with E-state index in [0.717, 1.165) is 11.8 Å². The number of hydrogen-bond donors (Lipinski definition) is 0. The van der Waals surface area contributed by atoms with E-state index >= 15 is 0 Å². The van der Waals surface area contributed by atoms with Crippen molar-refractivity contribution in [1.82, 2.24) is 0 Å². The van der Waals surface area contributed by atoms with Gasteiger partial charge < -0.3 is 4.74 Å². The third kappa shape index (κ3) is 4.00. The van der Waals surface area contributed by atoms with Gasteiger partial charge in [-0.2, -0.15) is 0 Å². The van der Waals surface area contributed by atoms with E-state index in [1.165, 1.54) is 32.1 Å². The van der Waals surface area contributed by atoms with Gasteiger partial charge in [-0.25, -0.2) is 0 Å². The average molecular weight is 198 g/mol. The first-order valence-electron chi connectivity index (χ1n) is 6.25. The van der Waals surface area contributed by atoms with Crippen LogP contribution in [-0.4, -0.2) is 12.2 Å². The molecule has 1 saturated carbocycles. The van der Waals surface area contributed by atoms with Gasteiger partial charge in [0.1, 0.15) is 0 Å². The van der Waals surface area contributed by atoms with Gasteiger partial charge in [0, 0.05) is 0 Å². The molecule has 0 N–H and O–H groups in total. The number of rotatable bonds is 4. The van der Waals surface area contributed by atoms with Crippen molar-refractivity contribution < 1.29 is 4.74 Å². The lowest BCUT2D eigenvalue weighted by Crippen LogP contribution is -2.31. The van der Waals surface area contributed by atoms with Crippen LogP contribution in [0.2, 0.25) is 0 Å². The first-order chi connectivity index (χ1) is 6.59. The molecular weight excluding hydrogens is 172 g/mol. The van der Waals surface area contributed by atoms with Crippen molar-refractivity contribution in [2.75, 3.05) is 0 Å². The van der Waals surface area contributed by atoms with Crippen molar-refractivity contribution in [3.05, 3.63) is 0 Å². The van der Waals surface area contributed by atoms with E-state index in [2.05, 4.69) is 27.7 Å². The summed E-state index contributed by atoms with van der Waals surface area (Å²) >= 11 is 0. The summed E-state index contributed by atoms with van der Waals surface area (Å²) in [6.45, 7) is 8.95. The Kier molecular flexibility index (Phi) is 4.94. The lowest BCUT2D eigenvalue weighted by atomic mass is 9.81. The fraction of sp³-hybridized carbons (Fsp3) is 1.00. The van der Waals surface area contributed by atoms with E-state index in [4.69, 9.17) is 4.74 Å². The second-order valence-electron chi connectivity index (χ2n) is 5.40. The third-order valence-corrected chi connectivity index (χ3v) is 3.06. The molecule has 0 aromatic carbocycles. The van der Waals surface area contributed by atoms with Crippen LogP contribution in [-0.2, 0) is 4.74 Å². The van der Waals surface area contributed by atoms with Crippen molar-refractivity contribution in [3.8, 4) is 0 Å². The lowest BCUT2D eigenvalue weighted by molar-refractivity contribution is -0.0497. The molecular formula is C13H26O. The van der Waals surface area contributed by atoms with Crippen LogP contribution in [0, 0.1) is 11.8 Å². The molecule has 0 unspecified atom stereocenters. The van der Waals surface area contributed by atoms with Crippen LogP contribution in [0.15, 0.2) is 0 Å². The highest BCUT2D eigenvalue weighted by atomic mass is 16.5. The van der Waals surface area contributed by atoms with Crippen LogP contribution in [0.4, 0.5) is 0 Å². The molecule has 0 bridgehead atoms. The van der Waals surface area contributed by atoms with Crippen LogP contribution in [0.1, 0.15) is 59.8 Å². The minimum atomic E-state index is 0.396. The van der Waals surface area contributed by atoms with Crippen LogP contribution in [0.5, 0.6) is 0 Å². The minimum absolute atomic E-state index is 0.396. The Morgan fingerprint density at radius 2 is 1.71 bits per heavy atom. The molecule has 1 fully saturated rings. The van der Waals surface area contributed by atoms with Gasteiger partial charge in [0.15, 0.2) is 0 Å². The molecule has 1 aliphatic rings. The summed E-state index contributed by atoms with van der Waals surface area (Å²) in [7, 11) is 0. The molecule has 0 aliphatic heterocycles. The Bertz CT molecular complexity index is 133. The lowest BCUT2D eigenvalue weighted by Gasteiger charge is -2.33. The smallest absolute Gasteiger partial charge is 0.0606 e. The SMILES string of the molecule is CC(C)C[C@@H]1CCCC[C@H]1OC(C)C. The van der Waals surface area contributed by atoms with E-state index in [1.807, 2.05) is 0 Å². The molecule has 1 nitrogen and oxygen atoms in total. The predicted octanol–water partition coefficient (Wildman–Crippen LogP) is 4.02. The molecule has 0 aromatic rings. The predicted molar refractivity (Wildman–Crippen MR) is 61.4 cm³/mol. The van der Waals surface area contributed by atoms with Crippen molar-refractivity contribution in [2.24, 2.45) is 11.8 Å². The summed E-state index contributed by atoms with van der Waals surface area (Å²) in [6, 6.07) is 0. The summed E-state index contributed by atoms with van der Waals surface area (Å²) < 4.78 is 6.00. The Hall–Kier alpha value is -0.0400. The summed E-state index contributed by atoms with van der Waals surface area (Å²) in [6.07, 6.45) is 7.74. The molecule has 0 saturated heterocycles. The van der Waals surface area contributed by atoms with Crippen LogP contribution < -0.4 is 0 Å². The molecule has 14 heavy (non-hydrogen) atoms. The summed E-state index contributed by atoms with van der Waals surface area (Å²) in [5, 5.41) is 0. The van der Waals surface area contributed by atoms with Gasteiger partial charge in [0.2, 0.25) is 0 Å². The van der Waals surface area contributed by atoms with Gasteiger partial charge in [-0.3, -0.25) is 0 Å². The largest absolute Gasteiger partial charge is 0.375 e. The molecule has 0 radical (unpaired) electrons. The van der Waals surface area contributed by atoms with Crippen molar-refractivity contribution in [2.45, 2.75) is 72.0 Å². The van der Waals surface area contributed by atoms with Gasteiger partial charge in [0.05, 0.1) is 12.2 Å². The quantitative estimate of drug-likeness (QED) is 0.663. The molecule has 2 atom stereocenters. The molecule has 1 heteroatoms. The molecule has 0 spiro atoms. The first-order valence-corrected chi connectivity index (χ1v) is 6.25. The maximum Gasteiger partial charge on any atom is 0.0606 e. The van der Waals surface area contributed by atoms with Gasteiger partial charge in [-0.1, -0.05) is 26.7 Å². The molecule has 1 rings (SSSR count). The highest BCUT2D eigenvalue weighted by Crippen LogP contribution is 2.32. The fourth-order valence-corrected chi connectivity index (χ4v) is 2.58. The second kappa shape index (κ2) is 5.75. The van der Waals surface area contributed by atoms with E-state index < -0.39 is 0 Å². The van der Waals surface area contributed by atoms with Crippen molar-refractivity contribution >= 4 is 0 Å². The molecule has 1 aliphatic carbocycles. The minimum Gasteiger partial charge on any atom is -0.375 e. The summed E-state index contributed by atoms with van der Waals surface area (Å²) in [5.41, 5.74) is 0. The zero-order valence-corrected chi connectivity index (χ0v) is 10.3. The Labute approximate surface area is 89.2 Å². The second-order valence-corrected chi connectivity index (χ2v) is 5.40. The van der Waals surface area contributed by atoms with Crippen molar-refractivity contribution in [3.63, 3.8) is 0 Å². The average Bonchev–Trinajstić information content (AvgIpc) is 2.06. The first kappa shape index (κ1) is 12.0. The highest BCUT2D eigenvalue weighted by Gasteiger charge is 2.26. The van der Waals surface area contributed by atoms with E-state index in [-0.39, 0.29) is 0 Å². The Morgan fingerprint density at radius 3 is 2.29 bits per heavy atom. The molecule has 84 valence electrons. The van der Waals surface area contributed by atoms with Crippen LogP contribution in [0.3, 0.4) is 0 Å². The topological polar surface area (TPSA) is 9.23 Å². The van der Waals surface area contributed by atoms with Crippen LogP contribution >= 0.6 is 0 Å². The normalized spacial score (nSPS) is 28.7. The Balaban J connectivity index is 2.41. The van der Waals surface area contributed by atoms with Crippen LogP contribution in [0.25, 0.3) is 0 Å². The number of hydrogen-bond acceptors (Lipinski definition) is 1. The highest BCUT2D eigenvalue weighted by molar-refractivity contribution is 4.77. The van der Waals surface area contributed by atoms with E-state index in [9.17, 15) is 0 Å². The van der Waals surface area contributed by atoms with Gasteiger partial charge >= 0.3 is 0 Å². The van der Waals surface area contributed by atoms with E-state index in [1.54, 1.807) is 0 Å². The maximum atomic E-state index is 6.00.